The Kier molecular flexibility index (Phi) is 14.3. The van der Waals surface area contributed by atoms with Crippen molar-refractivity contribution in [2.45, 2.75) is 110 Å². The first-order valence-corrected chi connectivity index (χ1v) is 19.5. The number of hydrogen-bond donors (Lipinski definition) is 1. The molecular formula is C46H58O6. The number of aliphatic hydroxyl groups excluding tert-OH is 1. The molecular weight excluding hydrogens is 649 g/mol. The summed E-state index contributed by atoms with van der Waals surface area (Å²) in [7, 11) is 0. The number of benzene rings is 3. The van der Waals surface area contributed by atoms with Crippen LogP contribution in [0.4, 0.5) is 0 Å². The molecule has 2 aliphatic carbocycles. The van der Waals surface area contributed by atoms with Gasteiger partial charge in [0.15, 0.2) is 0 Å². The van der Waals surface area contributed by atoms with Gasteiger partial charge in [-0.25, -0.2) is 9.59 Å². The minimum Gasteiger partial charge on any atom is -0.492 e. The molecule has 6 nitrogen and oxygen atoms in total. The molecule has 2 fully saturated rings. The minimum absolute atomic E-state index is 0.0259. The second-order valence-electron chi connectivity index (χ2n) is 15.1. The van der Waals surface area contributed by atoms with E-state index in [1.54, 1.807) is 38.1 Å². The summed E-state index contributed by atoms with van der Waals surface area (Å²) in [4.78, 5) is 24.4. The van der Waals surface area contributed by atoms with Crippen LogP contribution < -0.4 is 14.2 Å². The zero-order valence-electron chi connectivity index (χ0n) is 31.6. The molecule has 2 saturated carbocycles. The molecule has 1 N–H and O–H groups in total. The molecule has 0 spiro atoms. The Labute approximate surface area is 311 Å². The second-order valence-corrected chi connectivity index (χ2v) is 15.1. The first kappa shape index (κ1) is 39.1. The number of hydrogen-bond acceptors (Lipinski definition) is 6. The molecule has 0 amide bonds. The lowest BCUT2D eigenvalue weighted by Crippen LogP contribution is -2.25. The van der Waals surface area contributed by atoms with E-state index < -0.39 is 11.9 Å². The van der Waals surface area contributed by atoms with Gasteiger partial charge < -0.3 is 19.3 Å². The Hall–Kier alpha value is -4.16. The molecule has 0 saturated heterocycles. The van der Waals surface area contributed by atoms with Gasteiger partial charge in [0.1, 0.15) is 17.2 Å². The molecule has 3 aromatic carbocycles. The van der Waals surface area contributed by atoms with Crippen molar-refractivity contribution < 1.29 is 28.9 Å². The standard InChI is InChI=1S/C46H58O6/c1-6-7-8-10-33-11-13-34(14-12-33)35-15-17-36(18-16-35)39-29-42(37-19-23-40(24-20-37)51-45(48)31(2)3)44(50-28-9-27-47)43(30-39)38-21-25-41(26-22-38)52-46(49)32(4)5/h19-26,29-30,33-36,47H,2,4,6-18,27-28H2,1,3,5H3. The third-order valence-corrected chi connectivity index (χ3v) is 11.1. The van der Waals surface area contributed by atoms with Gasteiger partial charge in [0.2, 0.25) is 0 Å². The maximum Gasteiger partial charge on any atom is 0.338 e. The fourth-order valence-electron chi connectivity index (χ4n) is 8.06. The number of rotatable bonds is 16. The van der Waals surface area contributed by atoms with Gasteiger partial charge in [-0.2, -0.15) is 0 Å². The van der Waals surface area contributed by atoms with Crippen molar-refractivity contribution in [3.63, 3.8) is 0 Å². The number of unbranched alkanes of at least 4 members (excludes halogenated alkanes) is 2. The van der Waals surface area contributed by atoms with Crippen LogP contribution in [0.1, 0.15) is 116 Å². The van der Waals surface area contributed by atoms with Gasteiger partial charge in [-0.05, 0) is 129 Å². The maximum atomic E-state index is 12.2. The molecule has 0 atom stereocenters. The summed E-state index contributed by atoms with van der Waals surface area (Å²) in [5.41, 5.74) is 5.74. The topological polar surface area (TPSA) is 82.1 Å². The number of carbonyl (C=O) groups excluding carboxylic acids is 2. The first-order chi connectivity index (χ1) is 25.2. The van der Waals surface area contributed by atoms with Crippen LogP contribution in [0.2, 0.25) is 0 Å². The van der Waals surface area contributed by atoms with Gasteiger partial charge in [-0.1, -0.05) is 82.9 Å². The van der Waals surface area contributed by atoms with E-state index in [2.05, 4.69) is 32.2 Å². The Morgan fingerprint density at radius 3 is 1.62 bits per heavy atom. The van der Waals surface area contributed by atoms with Crippen LogP contribution in [0, 0.1) is 17.8 Å². The zero-order chi connectivity index (χ0) is 37.0. The van der Waals surface area contributed by atoms with Gasteiger partial charge in [0, 0.05) is 35.3 Å². The van der Waals surface area contributed by atoms with E-state index in [4.69, 9.17) is 14.2 Å². The lowest BCUT2D eigenvalue weighted by molar-refractivity contribution is -0.130. The van der Waals surface area contributed by atoms with Gasteiger partial charge in [0.25, 0.3) is 0 Å². The maximum absolute atomic E-state index is 12.2. The molecule has 2 aliphatic rings. The fraction of sp³-hybridized carbons (Fsp3) is 0.478. The summed E-state index contributed by atoms with van der Waals surface area (Å²) < 4.78 is 17.5. The fourth-order valence-corrected chi connectivity index (χ4v) is 8.06. The summed E-state index contributed by atoms with van der Waals surface area (Å²) in [5.74, 6) is 3.75. The average Bonchev–Trinajstić information content (AvgIpc) is 3.16. The summed E-state index contributed by atoms with van der Waals surface area (Å²) in [5, 5.41) is 9.61. The molecule has 0 bridgehead atoms. The Morgan fingerprint density at radius 2 is 1.17 bits per heavy atom. The van der Waals surface area contributed by atoms with E-state index in [1.165, 1.54) is 69.8 Å². The van der Waals surface area contributed by atoms with Gasteiger partial charge in [-0.3, -0.25) is 0 Å². The molecule has 0 aliphatic heterocycles. The molecule has 278 valence electrons. The largest absolute Gasteiger partial charge is 0.492 e. The van der Waals surface area contributed by atoms with Crippen LogP contribution in [-0.2, 0) is 9.59 Å². The number of esters is 2. The lowest BCUT2D eigenvalue weighted by atomic mass is 9.67. The Bertz CT molecular complexity index is 1560. The average molecular weight is 707 g/mol. The number of aliphatic hydroxyl groups is 1. The van der Waals surface area contributed by atoms with Crippen LogP contribution in [0.25, 0.3) is 22.3 Å². The van der Waals surface area contributed by atoms with E-state index >= 15 is 0 Å². The van der Waals surface area contributed by atoms with Crippen molar-refractivity contribution in [3.8, 4) is 39.5 Å². The number of ether oxygens (including phenoxy) is 3. The normalized spacial score (nSPS) is 20.2. The lowest BCUT2D eigenvalue weighted by Gasteiger charge is -2.38. The Balaban J connectivity index is 1.44. The molecule has 3 aromatic rings. The highest BCUT2D eigenvalue weighted by atomic mass is 16.5. The monoisotopic (exact) mass is 706 g/mol. The smallest absolute Gasteiger partial charge is 0.338 e. The third kappa shape index (κ3) is 10.5. The minimum atomic E-state index is -0.460. The van der Waals surface area contributed by atoms with Crippen molar-refractivity contribution in [2.24, 2.45) is 17.8 Å². The van der Waals surface area contributed by atoms with E-state index in [9.17, 15) is 14.7 Å². The van der Waals surface area contributed by atoms with Crippen molar-refractivity contribution in [3.05, 3.63) is 90.5 Å². The third-order valence-electron chi connectivity index (χ3n) is 11.1. The quantitative estimate of drug-likeness (QED) is 0.0691. The molecule has 5 rings (SSSR count). The van der Waals surface area contributed by atoms with E-state index in [0.717, 1.165) is 58.6 Å². The van der Waals surface area contributed by atoms with Crippen molar-refractivity contribution in [1.29, 1.82) is 0 Å². The first-order valence-electron chi connectivity index (χ1n) is 19.5. The summed E-state index contributed by atoms with van der Waals surface area (Å²) in [6.45, 7) is 13.3. The van der Waals surface area contributed by atoms with Gasteiger partial charge in [-0.15, -0.1) is 0 Å². The summed E-state index contributed by atoms with van der Waals surface area (Å²) in [6.07, 6.45) is 16.5. The van der Waals surface area contributed by atoms with E-state index in [0.29, 0.717) is 41.6 Å². The SMILES string of the molecule is C=C(C)C(=O)Oc1ccc(-c2cc(C3CCC(C4CCC(CCCCC)CC4)CC3)cc(-c3ccc(OC(=O)C(=C)C)cc3)c2OCCCO)cc1. The van der Waals surface area contributed by atoms with Gasteiger partial charge in [0.05, 0.1) is 6.61 Å². The van der Waals surface area contributed by atoms with Crippen molar-refractivity contribution in [1.82, 2.24) is 0 Å². The molecule has 52 heavy (non-hydrogen) atoms. The van der Waals surface area contributed by atoms with Crippen LogP contribution in [0.5, 0.6) is 17.2 Å². The molecule has 0 radical (unpaired) electrons. The van der Waals surface area contributed by atoms with Crippen molar-refractivity contribution >= 4 is 11.9 Å². The van der Waals surface area contributed by atoms with Crippen LogP contribution >= 0.6 is 0 Å². The predicted octanol–water partition coefficient (Wildman–Crippen LogP) is 11.4. The molecule has 0 unspecified atom stereocenters. The van der Waals surface area contributed by atoms with Crippen LogP contribution in [0.3, 0.4) is 0 Å². The molecule has 0 heterocycles. The van der Waals surface area contributed by atoms with Crippen LogP contribution in [0.15, 0.2) is 85.0 Å². The zero-order valence-corrected chi connectivity index (χ0v) is 31.6. The molecule has 0 aromatic heterocycles. The van der Waals surface area contributed by atoms with Crippen LogP contribution in [-0.4, -0.2) is 30.3 Å². The number of carbonyl (C=O) groups is 2. The van der Waals surface area contributed by atoms with E-state index in [-0.39, 0.29) is 6.61 Å². The second kappa shape index (κ2) is 19.1. The highest BCUT2D eigenvalue weighted by molar-refractivity contribution is 5.90. The Morgan fingerprint density at radius 1 is 0.692 bits per heavy atom. The van der Waals surface area contributed by atoms with Crippen molar-refractivity contribution in [2.75, 3.05) is 13.2 Å². The van der Waals surface area contributed by atoms with Gasteiger partial charge >= 0.3 is 11.9 Å². The van der Waals surface area contributed by atoms with E-state index in [1.807, 2.05) is 24.3 Å². The highest BCUT2D eigenvalue weighted by Gasteiger charge is 2.32. The highest BCUT2D eigenvalue weighted by Crippen LogP contribution is 2.48. The molecule has 6 heteroatoms. The summed E-state index contributed by atoms with van der Waals surface area (Å²) >= 11 is 0. The predicted molar refractivity (Wildman–Crippen MR) is 210 cm³/mol. The summed E-state index contributed by atoms with van der Waals surface area (Å²) in [6, 6.07) is 19.6.